The number of alkyl halides is 3. The van der Waals surface area contributed by atoms with Crippen molar-refractivity contribution in [3.8, 4) is 0 Å². The van der Waals surface area contributed by atoms with Crippen molar-refractivity contribution in [2.24, 2.45) is 0 Å². The predicted octanol–water partition coefficient (Wildman–Crippen LogP) is 2.56. The molecule has 0 aliphatic carbocycles. The van der Waals surface area contributed by atoms with Crippen LogP contribution >= 0.6 is 11.6 Å². The van der Waals surface area contributed by atoms with Crippen molar-refractivity contribution in [1.29, 1.82) is 0 Å². The first kappa shape index (κ1) is 15.3. The highest BCUT2D eigenvalue weighted by molar-refractivity contribution is 6.30. The number of aliphatic carboxylic acids is 1. The van der Waals surface area contributed by atoms with Gasteiger partial charge in [0, 0.05) is 5.02 Å². The number of carboxylic acid groups (broad SMARTS) is 1. The minimum atomic E-state index is -4.76. The number of carbonyl (C=O) groups is 2. The lowest BCUT2D eigenvalue weighted by Crippen LogP contribution is -2.39. The molecule has 19 heavy (non-hydrogen) atoms. The van der Waals surface area contributed by atoms with E-state index >= 15 is 0 Å². The zero-order valence-corrected chi connectivity index (χ0v) is 10.3. The lowest BCUT2D eigenvalue weighted by molar-refractivity contribution is -0.138. The molecule has 0 radical (unpaired) electrons. The highest BCUT2D eigenvalue weighted by atomic mass is 35.5. The quantitative estimate of drug-likeness (QED) is 0.900. The SMILES string of the molecule is CC(NC(=O)c1ccc(Cl)cc1C(F)(F)F)C(=O)O. The van der Waals surface area contributed by atoms with Crippen LogP contribution in [0.2, 0.25) is 5.02 Å². The van der Waals surface area contributed by atoms with Crippen LogP contribution in [0.3, 0.4) is 0 Å². The molecule has 0 saturated carbocycles. The third-order valence-corrected chi connectivity index (χ3v) is 2.48. The van der Waals surface area contributed by atoms with Crippen LogP contribution in [-0.2, 0) is 11.0 Å². The van der Waals surface area contributed by atoms with Crippen LogP contribution in [0.1, 0.15) is 22.8 Å². The van der Waals surface area contributed by atoms with Crippen LogP contribution in [0.5, 0.6) is 0 Å². The van der Waals surface area contributed by atoms with Gasteiger partial charge in [0.15, 0.2) is 0 Å². The molecule has 0 aliphatic heterocycles. The van der Waals surface area contributed by atoms with E-state index in [9.17, 15) is 22.8 Å². The summed E-state index contributed by atoms with van der Waals surface area (Å²) in [5.41, 5.74) is -1.89. The number of carbonyl (C=O) groups excluding carboxylic acids is 1. The molecule has 8 heteroatoms. The Morgan fingerprint density at radius 3 is 2.42 bits per heavy atom. The van der Waals surface area contributed by atoms with Crippen molar-refractivity contribution in [1.82, 2.24) is 5.32 Å². The second-order valence-corrected chi connectivity index (χ2v) is 4.16. The van der Waals surface area contributed by atoms with Crippen LogP contribution in [0.25, 0.3) is 0 Å². The number of rotatable bonds is 3. The number of carboxylic acids is 1. The summed E-state index contributed by atoms with van der Waals surface area (Å²) < 4.78 is 38.2. The highest BCUT2D eigenvalue weighted by Crippen LogP contribution is 2.33. The minimum absolute atomic E-state index is 0.171. The summed E-state index contributed by atoms with van der Waals surface area (Å²) in [6.45, 7) is 1.14. The van der Waals surface area contributed by atoms with E-state index in [0.29, 0.717) is 6.07 Å². The van der Waals surface area contributed by atoms with Gasteiger partial charge in [-0.1, -0.05) is 11.6 Å². The fraction of sp³-hybridized carbons (Fsp3) is 0.273. The number of hydrogen-bond acceptors (Lipinski definition) is 2. The van der Waals surface area contributed by atoms with Gasteiger partial charge in [-0.25, -0.2) is 0 Å². The summed E-state index contributed by atoms with van der Waals surface area (Å²) in [5, 5.41) is 10.4. The molecule has 1 aromatic rings. The van der Waals surface area contributed by atoms with E-state index in [1.807, 2.05) is 5.32 Å². The zero-order chi connectivity index (χ0) is 14.8. The van der Waals surface area contributed by atoms with Gasteiger partial charge in [0.25, 0.3) is 5.91 Å². The van der Waals surface area contributed by atoms with Gasteiger partial charge < -0.3 is 10.4 Å². The summed E-state index contributed by atoms with van der Waals surface area (Å²) in [7, 11) is 0. The van der Waals surface area contributed by atoms with Crippen molar-refractivity contribution >= 4 is 23.5 Å². The lowest BCUT2D eigenvalue weighted by atomic mass is 10.1. The van der Waals surface area contributed by atoms with E-state index in [2.05, 4.69) is 0 Å². The molecule has 1 amide bonds. The maximum atomic E-state index is 12.7. The molecule has 1 rings (SSSR count). The fourth-order valence-electron chi connectivity index (χ4n) is 1.29. The number of benzene rings is 1. The van der Waals surface area contributed by atoms with Crippen LogP contribution in [0.4, 0.5) is 13.2 Å². The number of amides is 1. The molecule has 0 saturated heterocycles. The minimum Gasteiger partial charge on any atom is -0.480 e. The van der Waals surface area contributed by atoms with Crippen LogP contribution in [0.15, 0.2) is 18.2 Å². The lowest BCUT2D eigenvalue weighted by Gasteiger charge is -2.14. The molecule has 0 heterocycles. The van der Waals surface area contributed by atoms with E-state index in [1.54, 1.807) is 0 Å². The monoisotopic (exact) mass is 295 g/mol. The maximum absolute atomic E-state index is 12.7. The standard InChI is InChI=1S/C11H9ClF3NO3/c1-5(10(18)19)16-9(17)7-3-2-6(12)4-8(7)11(13,14)15/h2-5H,1H3,(H,16,17)(H,18,19). The first-order valence-corrected chi connectivity index (χ1v) is 5.41. The first-order chi connectivity index (χ1) is 8.62. The Balaban J connectivity index is 3.13. The van der Waals surface area contributed by atoms with Crippen molar-refractivity contribution in [2.45, 2.75) is 19.1 Å². The number of nitrogens with one attached hydrogen (secondary N) is 1. The topological polar surface area (TPSA) is 66.4 Å². The van der Waals surface area contributed by atoms with E-state index in [-0.39, 0.29) is 5.02 Å². The third-order valence-electron chi connectivity index (χ3n) is 2.25. The molecule has 0 fully saturated rings. The van der Waals surface area contributed by atoms with Gasteiger partial charge in [-0.15, -0.1) is 0 Å². The van der Waals surface area contributed by atoms with E-state index < -0.39 is 35.2 Å². The molecule has 0 aromatic heterocycles. The Kier molecular flexibility index (Phi) is 4.41. The third kappa shape index (κ3) is 3.85. The van der Waals surface area contributed by atoms with Gasteiger partial charge in [-0.3, -0.25) is 9.59 Å². The van der Waals surface area contributed by atoms with Gasteiger partial charge >= 0.3 is 12.1 Å². The summed E-state index contributed by atoms with van der Waals surface area (Å²) in [5.74, 6) is -2.48. The summed E-state index contributed by atoms with van der Waals surface area (Å²) in [4.78, 5) is 22.2. The molecule has 4 nitrogen and oxygen atoms in total. The van der Waals surface area contributed by atoms with Crippen molar-refractivity contribution in [3.63, 3.8) is 0 Å². The number of hydrogen-bond donors (Lipinski definition) is 2. The molecule has 0 spiro atoms. The fourth-order valence-corrected chi connectivity index (χ4v) is 1.46. The average molecular weight is 296 g/mol. The maximum Gasteiger partial charge on any atom is 0.417 e. The molecule has 1 atom stereocenters. The van der Waals surface area contributed by atoms with Crippen molar-refractivity contribution < 1.29 is 27.9 Å². The first-order valence-electron chi connectivity index (χ1n) is 5.03. The zero-order valence-electron chi connectivity index (χ0n) is 9.58. The smallest absolute Gasteiger partial charge is 0.417 e. The van der Waals surface area contributed by atoms with E-state index in [4.69, 9.17) is 16.7 Å². The van der Waals surface area contributed by atoms with Crippen molar-refractivity contribution in [3.05, 3.63) is 34.3 Å². The molecule has 1 unspecified atom stereocenters. The molecule has 2 N–H and O–H groups in total. The summed E-state index contributed by atoms with van der Waals surface area (Å²) in [6.07, 6.45) is -4.76. The Morgan fingerprint density at radius 2 is 1.95 bits per heavy atom. The Hall–Kier alpha value is -1.76. The highest BCUT2D eigenvalue weighted by Gasteiger charge is 2.35. The Morgan fingerprint density at radius 1 is 1.37 bits per heavy atom. The number of halogens is 4. The van der Waals surface area contributed by atoms with Gasteiger partial charge in [0.1, 0.15) is 6.04 Å². The second kappa shape index (κ2) is 5.48. The molecular weight excluding hydrogens is 287 g/mol. The Bertz CT molecular complexity index is 516. The van der Waals surface area contributed by atoms with Gasteiger partial charge in [0.05, 0.1) is 11.1 Å². The van der Waals surface area contributed by atoms with Crippen LogP contribution in [-0.4, -0.2) is 23.0 Å². The summed E-state index contributed by atoms with van der Waals surface area (Å²) in [6, 6.07) is 1.33. The van der Waals surface area contributed by atoms with Gasteiger partial charge in [0.2, 0.25) is 0 Å². The van der Waals surface area contributed by atoms with Crippen LogP contribution < -0.4 is 5.32 Å². The average Bonchev–Trinajstić information content (AvgIpc) is 2.27. The molecule has 104 valence electrons. The molecular formula is C11H9ClF3NO3. The molecule has 0 aliphatic rings. The van der Waals surface area contributed by atoms with E-state index in [1.165, 1.54) is 0 Å². The summed E-state index contributed by atoms with van der Waals surface area (Å²) >= 11 is 5.46. The van der Waals surface area contributed by atoms with Gasteiger partial charge in [-0.2, -0.15) is 13.2 Å². The van der Waals surface area contributed by atoms with Gasteiger partial charge in [-0.05, 0) is 25.1 Å². The molecule has 1 aromatic carbocycles. The Labute approximate surface area is 111 Å². The largest absolute Gasteiger partial charge is 0.480 e. The normalized spacial score (nSPS) is 12.9. The molecule has 0 bridgehead atoms. The van der Waals surface area contributed by atoms with E-state index in [0.717, 1.165) is 19.1 Å². The van der Waals surface area contributed by atoms with Crippen LogP contribution in [0, 0.1) is 0 Å². The predicted molar refractivity (Wildman–Crippen MR) is 61.0 cm³/mol. The van der Waals surface area contributed by atoms with Crippen molar-refractivity contribution in [2.75, 3.05) is 0 Å². The second-order valence-electron chi connectivity index (χ2n) is 3.72.